The molecule has 0 unspecified atom stereocenters. The van der Waals surface area contributed by atoms with E-state index in [-0.39, 0.29) is 21.5 Å². The Labute approximate surface area is 170 Å². The summed E-state index contributed by atoms with van der Waals surface area (Å²) in [6, 6.07) is 11.3. The van der Waals surface area contributed by atoms with Gasteiger partial charge in [0.25, 0.3) is 5.91 Å². The molecular weight excluding hydrogens is 411 g/mol. The first kappa shape index (κ1) is 19.2. The third-order valence-corrected chi connectivity index (χ3v) is 5.73. The van der Waals surface area contributed by atoms with E-state index in [0.29, 0.717) is 18.0 Å². The van der Waals surface area contributed by atoms with Gasteiger partial charge in [0.1, 0.15) is 0 Å². The van der Waals surface area contributed by atoms with Gasteiger partial charge in [0, 0.05) is 17.5 Å². The maximum Gasteiger partial charge on any atom is 0.254 e. The van der Waals surface area contributed by atoms with Gasteiger partial charge in [-0.25, -0.2) is 4.98 Å². The average Bonchev–Trinajstić information content (AvgIpc) is 3.06. The average molecular weight is 426 g/mol. The summed E-state index contributed by atoms with van der Waals surface area (Å²) < 4.78 is 0. The minimum atomic E-state index is -0.336. The number of aryl methyl sites for hydroxylation is 1. The lowest BCUT2D eigenvalue weighted by Gasteiger charge is -2.10. The first-order chi connectivity index (χ1) is 12.5. The molecule has 1 heterocycles. The van der Waals surface area contributed by atoms with E-state index in [9.17, 15) is 4.79 Å². The van der Waals surface area contributed by atoms with E-state index in [4.69, 9.17) is 34.8 Å². The first-order valence-corrected chi connectivity index (χ1v) is 9.90. The maximum absolute atomic E-state index is 12.3. The molecule has 0 aliphatic rings. The molecule has 0 aliphatic carbocycles. The van der Waals surface area contributed by atoms with Crippen LogP contribution in [0.15, 0.2) is 41.8 Å². The summed E-state index contributed by atoms with van der Waals surface area (Å²) >= 11 is 19.7. The Morgan fingerprint density at radius 3 is 2.42 bits per heavy atom. The molecule has 0 bridgehead atoms. The largest absolute Gasteiger partial charge is 0.352 e. The van der Waals surface area contributed by atoms with Crippen molar-refractivity contribution in [2.45, 2.75) is 13.3 Å². The van der Waals surface area contributed by atoms with Crippen molar-refractivity contribution in [2.24, 2.45) is 0 Å². The van der Waals surface area contributed by atoms with Crippen molar-refractivity contribution < 1.29 is 4.79 Å². The third-order valence-electron chi connectivity index (χ3n) is 3.84. The van der Waals surface area contributed by atoms with Crippen molar-refractivity contribution in [1.29, 1.82) is 0 Å². The summed E-state index contributed by atoms with van der Waals surface area (Å²) in [5.41, 5.74) is 3.39. The fourth-order valence-electron chi connectivity index (χ4n) is 2.48. The lowest BCUT2D eigenvalue weighted by molar-refractivity contribution is 0.0954. The fourth-order valence-corrected chi connectivity index (χ4v) is 3.80. The number of halogens is 3. The number of amides is 1. The molecule has 0 saturated heterocycles. The lowest BCUT2D eigenvalue weighted by Crippen LogP contribution is -2.26. The number of nitrogens with zero attached hydrogens (tertiary/aromatic N) is 1. The van der Waals surface area contributed by atoms with Crippen LogP contribution in [0.4, 0.5) is 0 Å². The number of carbonyl (C=O) groups excluding carboxylic acids is 1. The van der Waals surface area contributed by atoms with Gasteiger partial charge in [0.2, 0.25) is 0 Å². The zero-order chi connectivity index (χ0) is 18.7. The Hall–Kier alpha value is -1.59. The molecule has 3 aromatic rings. The van der Waals surface area contributed by atoms with E-state index >= 15 is 0 Å². The van der Waals surface area contributed by atoms with Crippen LogP contribution in [0.3, 0.4) is 0 Å². The summed E-state index contributed by atoms with van der Waals surface area (Å²) in [5.74, 6) is -0.336. The number of benzene rings is 2. The van der Waals surface area contributed by atoms with Crippen molar-refractivity contribution in [3.8, 4) is 11.3 Å². The van der Waals surface area contributed by atoms with Crippen LogP contribution in [0.2, 0.25) is 15.1 Å². The van der Waals surface area contributed by atoms with Crippen molar-refractivity contribution >= 4 is 52.0 Å². The second-order valence-electron chi connectivity index (χ2n) is 5.67. The Kier molecular flexibility index (Phi) is 6.20. The number of thiazole rings is 1. The van der Waals surface area contributed by atoms with Gasteiger partial charge < -0.3 is 5.32 Å². The molecule has 2 aromatic carbocycles. The van der Waals surface area contributed by atoms with Gasteiger partial charge in [-0.15, -0.1) is 11.3 Å². The smallest absolute Gasteiger partial charge is 0.254 e. The van der Waals surface area contributed by atoms with E-state index in [0.717, 1.165) is 21.8 Å². The Morgan fingerprint density at radius 1 is 1.08 bits per heavy atom. The number of hydrogen-bond acceptors (Lipinski definition) is 3. The highest BCUT2D eigenvalue weighted by atomic mass is 35.5. The molecule has 1 amide bonds. The number of aromatic nitrogens is 1. The summed E-state index contributed by atoms with van der Waals surface area (Å²) in [4.78, 5) is 16.8. The summed E-state index contributed by atoms with van der Waals surface area (Å²) in [6.45, 7) is 2.46. The van der Waals surface area contributed by atoms with Crippen molar-refractivity contribution in [3.05, 3.63) is 73.0 Å². The SMILES string of the molecule is Cc1nc(-c2ccc(CCNC(=O)c3c(Cl)ccc(Cl)c3Cl)cc2)cs1. The van der Waals surface area contributed by atoms with Crippen LogP contribution >= 0.6 is 46.1 Å². The zero-order valence-corrected chi connectivity index (χ0v) is 16.9. The van der Waals surface area contributed by atoms with Crippen LogP contribution in [-0.4, -0.2) is 17.4 Å². The van der Waals surface area contributed by atoms with E-state index in [2.05, 4.69) is 10.3 Å². The molecule has 134 valence electrons. The summed E-state index contributed by atoms with van der Waals surface area (Å²) in [6.07, 6.45) is 0.692. The van der Waals surface area contributed by atoms with Crippen LogP contribution in [-0.2, 0) is 6.42 Å². The predicted molar refractivity (Wildman–Crippen MR) is 110 cm³/mol. The van der Waals surface area contributed by atoms with Gasteiger partial charge in [0.15, 0.2) is 0 Å². The molecule has 0 aliphatic heterocycles. The van der Waals surface area contributed by atoms with Crippen LogP contribution in [0.1, 0.15) is 20.9 Å². The molecular formula is C19H15Cl3N2OS. The second kappa shape index (κ2) is 8.40. The molecule has 0 spiro atoms. The van der Waals surface area contributed by atoms with E-state index in [1.165, 1.54) is 0 Å². The lowest BCUT2D eigenvalue weighted by atomic mass is 10.1. The van der Waals surface area contributed by atoms with Crippen molar-refractivity contribution in [3.63, 3.8) is 0 Å². The second-order valence-corrected chi connectivity index (χ2v) is 7.93. The van der Waals surface area contributed by atoms with Crippen molar-refractivity contribution in [2.75, 3.05) is 6.54 Å². The third kappa shape index (κ3) is 4.38. The van der Waals surface area contributed by atoms with Gasteiger partial charge in [-0.2, -0.15) is 0 Å². The predicted octanol–water partition coefficient (Wildman–Crippen LogP) is 6.05. The van der Waals surface area contributed by atoms with Gasteiger partial charge in [-0.3, -0.25) is 4.79 Å². The highest BCUT2D eigenvalue weighted by Gasteiger charge is 2.16. The highest BCUT2D eigenvalue weighted by molar-refractivity contribution is 7.09. The standard InChI is InChI=1S/C19H15Cl3N2OS/c1-11-24-16(10-26-11)13-4-2-12(3-5-13)8-9-23-19(25)17-14(20)6-7-15(21)18(17)22/h2-7,10H,8-9H2,1H3,(H,23,25). The molecule has 0 radical (unpaired) electrons. The monoisotopic (exact) mass is 424 g/mol. The Balaban J connectivity index is 1.60. The molecule has 0 atom stereocenters. The molecule has 1 N–H and O–H groups in total. The van der Waals surface area contributed by atoms with Gasteiger partial charge in [0.05, 0.1) is 31.3 Å². The number of nitrogens with one attached hydrogen (secondary N) is 1. The zero-order valence-electron chi connectivity index (χ0n) is 13.9. The van der Waals surface area contributed by atoms with Crippen LogP contribution < -0.4 is 5.32 Å². The molecule has 7 heteroatoms. The van der Waals surface area contributed by atoms with E-state index in [1.54, 1.807) is 23.5 Å². The van der Waals surface area contributed by atoms with Crippen LogP contribution in [0.5, 0.6) is 0 Å². The quantitative estimate of drug-likeness (QED) is 0.505. The highest BCUT2D eigenvalue weighted by Crippen LogP contribution is 2.31. The molecule has 3 rings (SSSR count). The molecule has 0 saturated carbocycles. The van der Waals surface area contributed by atoms with Crippen molar-refractivity contribution in [1.82, 2.24) is 10.3 Å². The number of carbonyl (C=O) groups is 1. The first-order valence-electron chi connectivity index (χ1n) is 7.89. The molecule has 1 aromatic heterocycles. The van der Waals surface area contributed by atoms with Crippen LogP contribution in [0.25, 0.3) is 11.3 Å². The number of hydrogen-bond donors (Lipinski definition) is 1. The van der Waals surface area contributed by atoms with Crippen LogP contribution in [0, 0.1) is 6.92 Å². The summed E-state index contributed by atoms with van der Waals surface area (Å²) in [7, 11) is 0. The fraction of sp³-hybridized carbons (Fsp3) is 0.158. The van der Waals surface area contributed by atoms with E-state index < -0.39 is 0 Å². The normalized spacial score (nSPS) is 10.8. The van der Waals surface area contributed by atoms with Gasteiger partial charge in [-0.05, 0) is 31.0 Å². The minimum absolute atomic E-state index is 0.166. The van der Waals surface area contributed by atoms with Gasteiger partial charge >= 0.3 is 0 Å². The Morgan fingerprint density at radius 2 is 1.77 bits per heavy atom. The molecule has 0 fully saturated rings. The Bertz CT molecular complexity index is 938. The maximum atomic E-state index is 12.3. The molecule has 26 heavy (non-hydrogen) atoms. The van der Waals surface area contributed by atoms with Gasteiger partial charge in [-0.1, -0.05) is 59.1 Å². The number of rotatable bonds is 5. The molecule has 3 nitrogen and oxygen atoms in total. The minimum Gasteiger partial charge on any atom is -0.352 e. The topological polar surface area (TPSA) is 42.0 Å². The van der Waals surface area contributed by atoms with E-state index in [1.807, 2.05) is 36.6 Å². The summed E-state index contributed by atoms with van der Waals surface area (Å²) in [5, 5.41) is 6.66.